The fourth-order valence-electron chi connectivity index (χ4n) is 3.30. The van der Waals surface area contributed by atoms with Crippen LogP contribution >= 0.6 is 0 Å². The lowest BCUT2D eigenvalue weighted by Gasteiger charge is -2.33. The third-order valence-electron chi connectivity index (χ3n) is 4.63. The van der Waals surface area contributed by atoms with E-state index in [2.05, 4.69) is 11.7 Å². The minimum atomic E-state index is -3.39. The number of hydrogen-bond acceptors (Lipinski definition) is 1. The maximum atomic E-state index is 14.2. The van der Waals surface area contributed by atoms with Crippen LogP contribution in [-0.4, -0.2) is 6.11 Å². The van der Waals surface area contributed by atoms with E-state index in [1.807, 2.05) is 0 Å². The molecule has 5 heteroatoms. The molecule has 0 atom stereocenters. The van der Waals surface area contributed by atoms with Crippen LogP contribution in [0.15, 0.2) is 18.2 Å². The van der Waals surface area contributed by atoms with Gasteiger partial charge in [-0.2, -0.15) is 8.78 Å². The van der Waals surface area contributed by atoms with Crippen molar-refractivity contribution in [2.75, 3.05) is 0 Å². The van der Waals surface area contributed by atoms with Gasteiger partial charge in [0, 0.05) is 18.2 Å². The van der Waals surface area contributed by atoms with Crippen molar-refractivity contribution in [3.05, 3.63) is 29.8 Å². The quantitative estimate of drug-likeness (QED) is 0.419. The first-order valence-corrected chi connectivity index (χ1v) is 8.43. The minimum absolute atomic E-state index is 0.390. The van der Waals surface area contributed by atoms with Crippen LogP contribution in [0, 0.1) is 23.5 Å². The summed E-state index contributed by atoms with van der Waals surface area (Å²) in [6.45, 7) is 2.14. The topological polar surface area (TPSA) is 9.23 Å². The van der Waals surface area contributed by atoms with Crippen LogP contribution in [0.3, 0.4) is 0 Å². The van der Waals surface area contributed by atoms with E-state index >= 15 is 0 Å². The third kappa shape index (κ3) is 5.40. The summed E-state index contributed by atoms with van der Waals surface area (Å²) >= 11 is 0. The molecule has 1 aliphatic rings. The lowest BCUT2D eigenvalue weighted by molar-refractivity contribution is -0.223. The van der Waals surface area contributed by atoms with Crippen molar-refractivity contribution in [3.63, 3.8) is 0 Å². The average molecular weight is 332 g/mol. The Morgan fingerprint density at radius 2 is 1.61 bits per heavy atom. The highest BCUT2D eigenvalue weighted by atomic mass is 19.3. The van der Waals surface area contributed by atoms with Crippen LogP contribution in [0.4, 0.5) is 17.6 Å². The number of alkyl halides is 2. The van der Waals surface area contributed by atoms with Gasteiger partial charge in [-0.3, -0.25) is 0 Å². The molecular weight excluding hydrogens is 308 g/mol. The van der Waals surface area contributed by atoms with Gasteiger partial charge in [-0.1, -0.05) is 32.6 Å². The second-order valence-electron chi connectivity index (χ2n) is 6.48. The zero-order valence-corrected chi connectivity index (χ0v) is 13.5. The van der Waals surface area contributed by atoms with E-state index in [9.17, 15) is 17.6 Å². The summed E-state index contributed by atoms with van der Waals surface area (Å²) in [5.74, 6) is -2.68. The van der Waals surface area contributed by atoms with E-state index in [0.717, 1.165) is 44.2 Å². The van der Waals surface area contributed by atoms with Crippen molar-refractivity contribution in [1.29, 1.82) is 0 Å². The van der Waals surface area contributed by atoms with E-state index < -0.39 is 29.4 Å². The highest BCUT2D eigenvalue weighted by Crippen LogP contribution is 2.41. The molecule has 1 aliphatic carbocycles. The van der Waals surface area contributed by atoms with E-state index in [1.54, 1.807) is 0 Å². The molecule has 1 fully saturated rings. The molecule has 0 bridgehead atoms. The predicted molar refractivity (Wildman–Crippen MR) is 81.5 cm³/mol. The van der Waals surface area contributed by atoms with Gasteiger partial charge >= 0.3 is 6.11 Å². The number of hydrogen-bond donors (Lipinski definition) is 0. The van der Waals surface area contributed by atoms with Crippen molar-refractivity contribution in [2.45, 2.75) is 64.4 Å². The van der Waals surface area contributed by atoms with Gasteiger partial charge in [0.2, 0.25) is 0 Å². The Morgan fingerprint density at radius 1 is 1.00 bits per heavy atom. The van der Waals surface area contributed by atoms with Gasteiger partial charge in [0.15, 0.2) is 0 Å². The van der Waals surface area contributed by atoms with Crippen LogP contribution in [0.1, 0.15) is 58.3 Å². The molecule has 0 heterocycles. The lowest BCUT2D eigenvalue weighted by Crippen LogP contribution is -2.37. The molecule has 0 spiro atoms. The number of halogens is 4. The van der Waals surface area contributed by atoms with E-state index in [4.69, 9.17) is 0 Å². The van der Waals surface area contributed by atoms with Gasteiger partial charge in [0.05, 0.1) is 5.92 Å². The summed E-state index contributed by atoms with van der Waals surface area (Å²) in [5.41, 5.74) is 0. The molecule has 1 nitrogen and oxygen atoms in total. The van der Waals surface area contributed by atoms with Crippen LogP contribution in [0.5, 0.6) is 5.75 Å². The summed E-state index contributed by atoms with van der Waals surface area (Å²) < 4.78 is 59.2. The van der Waals surface area contributed by atoms with Crippen LogP contribution in [0.2, 0.25) is 0 Å². The summed E-state index contributed by atoms with van der Waals surface area (Å²) in [5, 5.41) is 0. The molecule has 0 unspecified atom stereocenters. The molecule has 130 valence electrons. The zero-order chi connectivity index (χ0) is 16.9. The van der Waals surface area contributed by atoms with Crippen LogP contribution < -0.4 is 4.74 Å². The van der Waals surface area contributed by atoms with Crippen LogP contribution in [0.25, 0.3) is 0 Å². The summed E-state index contributed by atoms with van der Waals surface area (Å²) in [4.78, 5) is 0. The number of unbranched alkanes of at least 4 members (excludes halogenated alkanes) is 2. The predicted octanol–water partition coefficient (Wildman–Crippen LogP) is 6.32. The molecular formula is C18H24F4O. The van der Waals surface area contributed by atoms with Gasteiger partial charge in [-0.05, 0) is 31.6 Å². The second kappa shape index (κ2) is 8.02. The smallest absolute Gasteiger partial charge is 0.400 e. The molecule has 1 aromatic carbocycles. The molecule has 0 aliphatic heterocycles. The summed E-state index contributed by atoms with van der Waals surface area (Å²) in [6.07, 6.45) is 3.52. The van der Waals surface area contributed by atoms with E-state index in [-0.39, 0.29) is 0 Å². The number of rotatable bonds is 7. The Morgan fingerprint density at radius 3 is 2.17 bits per heavy atom. The fourth-order valence-corrected chi connectivity index (χ4v) is 3.30. The van der Waals surface area contributed by atoms with Crippen molar-refractivity contribution >= 4 is 0 Å². The van der Waals surface area contributed by atoms with Gasteiger partial charge in [-0.15, -0.1) is 0 Å². The molecule has 0 amide bonds. The van der Waals surface area contributed by atoms with Crippen molar-refractivity contribution < 1.29 is 22.3 Å². The number of benzene rings is 1. The standard InChI is InChI=1S/C18H24F4O/c1-2-3-4-5-13-6-8-14(9-7-13)18(21,22)23-17-11-15(19)10-16(20)12-17/h10-14H,2-9H2,1H3. The number of ether oxygens (including phenoxy) is 1. The normalized spacial score (nSPS) is 22.1. The molecule has 0 saturated heterocycles. The van der Waals surface area contributed by atoms with Crippen molar-refractivity contribution in [1.82, 2.24) is 0 Å². The first kappa shape index (κ1) is 18.1. The van der Waals surface area contributed by atoms with Crippen molar-refractivity contribution in [2.24, 2.45) is 11.8 Å². The molecule has 1 saturated carbocycles. The van der Waals surface area contributed by atoms with Crippen molar-refractivity contribution in [3.8, 4) is 5.75 Å². The molecule has 0 radical (unpaired) electrons. The third-order valence-corrected chi connectivity index (χ3v) is 4.63. The Labute approximate surface area is 135 Å². The maximum Gasteiger partial charge on any atom is 0.400 e. The Hall–Kier alpha value is -1.26. The molecule has 2 rings (SSSR count). The molecule has 0 aromatic heterocycles. The first-order valence-electron chi connectivity index (χ1n) is 8.43. The van der Waals surface area contributed by atoms with E-state index in [1.165, 1.54) is 6.42 Å². The monoisotopic (exact) mass is 332 g/mol. The SMILES string of the molecule is CCCCCC1CCC(C(F)(F)Oc2cc(F)cc(F)c2)CC1. The van der Waals surface area contributed by atoms with Gasteiger partial charge in [0.1, 0.15) is 17.4 Å². The highest BCUT2D eigenvalue weighted by molar-refractivity contribution is 5.24. The van der Waals surface area contributed by atoms with Gasteiger partial charge in [-0.25, -0.2) is 8.78 Å². The molecule has 23 heavy (non-hydrogen) atoms. The maximum absolute atomic E-state index is 14.2. The zero-order valence-electron chi connectivity index (χ0n) is 13.5. The summed E-state index contributed by atoms with van der Waals surface area (Å²) in [6, 6.07) is 2.20. The summed E-state index contributed by atoms with van der Waals surface area (Å²) in [7, 11) is 0. The highest BCUT2D eigenvalue weighted by Gasteiger charge is 2.44. The lowest BCUT2D eigenvalue weighted by atomic mass is 9.79. The van der Waals surface area contributed by atoms with Gasteiger partial charge in [0.25, 0.3) is 0 Å². The van der Waals surface area contributed by atoms with Crippen LogP contribution in [-0.2, 0) is 0 Å². The fraction of sp³-hybridized carbons (Fsp3) is 0.667. The largest absolute Gasteiger partial charge is 0.432 e. The molecule has 0 N–H and O–H groups in total. The Balaban J connectivity index is 1.88. The minimum Gasteiger partial charge on any atom is -0.432 e. The van der Waals surface area contributed by atoms with E-state index in [0.29, 0.717) is 24.8 Å². The Kier molecular flexibility index (Phi) is 6.31. The average Bonchev–Trinajstić information content (AvgIpc) is 2.46. The first-order chi connectivity index (χ1) is 10.9. The Bertz CT molecular complexity index is 476. The molecule has 1 aromatic rings. The van der Waals surface area contributed by atoms with Gasteiger partial charge < -0.3 is 4.74 Å². The second-order valence-corrected chi connectivity index (χ2v) is 6.48.